The normalized spacial score (nSPS) is 12.8. The van der Waals surface area contributed by atoms with E-state index in [1.165, 1.54) is 11.6 Å². The van der Waals surface area contributed by atoms with Gasteiger partial charge in [0.25, 0.3) is 0 Å². The molecule has 0 fully saturated rings. The number of aryl methyl sites for hydroxylation is 1. The van der Waals surface area contributed by atoms with Gasteiger partial charge in [0, 0.05) is 23.7 Å². The second-order valence-electron chi connectivity index (χ2n) is 6.19. The highest BCUT2D eigenvalue weighted by atomic mass is 32.2. The number of aromatic nitrogens is 1. The molecule has 0 spiro atoms. The van der Waals surface area contributed by atoms with Gasteiger partial charge in [-0.05, 0) is 48.4 Å². The second kappa shape index (κ2) is 7.71. The van der Waals surface area contributed by atoms with E-state index in [1.807, 2.05) is 12.1 Å². The first kappa shape index (κ1) is 18.3. The molecule has 128 valence electrons. The SMILES string of the molecule is CC[C@@H](C)C(=N)CCc1ccc(-c2ccc(S(C)(=O)=O)nc2)cc1. The first-order valence-electron chi connectivity index (χ1n) is 8.14. The van der Waals surface area contributed by atoms with Crippen LogP contribution < -0.4 is 0 Å². The summed E-state index contributed by atoms with van der Waals surface area (Å²) in [5, 5.41) is 8.12. The Morgan fingerprint density at radius 1 is 1.12 bits per heavy atom. The highest BCUT2D eigenvalue weighted by molar-refractivity contribution is 7.90. The molecule has 5 heteroatoms. The number of nitrogens with one attached hydrogen (secondary N) is 1. The lowest BCUT2D eigenvalue weighted by Crippen LogP contribution is -2.09. The van der Waals surface area contributed by atoms with Gasteiger partial charge in [-0.25, -0.2) is 13.4 Å². The van der Waals surface area contributed by atoms with Crippen molar-refractivity contribution in [2.45, 2.75) is 38.1 Å². The summed E-state index contributed by atoms with van der Waals surface area (Å²) in [7, 11) is -3.26. The highest BCUT2D eigenvalue weighted by Gasteiger charge is 2.09. The molecule has 24 heavy (non-hydrogen) atoms. The first-order valence-corrected chi connectivity index (χ1v) is 10.0. The number of hydrogen-bond donors (Lipinski definition) is 1. The molecule has 1 aromatic carbocycles. The van der Waals surface area contributed by atoms with E-state index >= 15 is 0 Å². The molecule has 0 saturated heterocycles. The standard InChI is InChI=1S/C19H24N2O2S/c1-4-14(2)18(20)11-7-15-5-8-16(9-6-15)17-10-12-19(21-13-17)24(3,22)23/h5-6,8-10,12-14,20H,4,7,11H2,1-3H3/t14-/m1/s1. The van der Waals surface area contributed by atoms with Crippen LogP contribution in [0, 0.1) is 11.3 Å². The smallest absolute Gasteiger partial charge is 0.192 e. The molecule has 0 bridgehead atoms. The maximum Gasteiger partial charge on any atom is 0.192 e. The van der Waals surface area contributed by atoms with Crippen molar-refractivity contribution in [2.24, 2.45) is 5.92 Å². The predicted molar refractivity (Wildman–Crippen MR) is 98.3 cm³/mol. The molecule has 1 atom stereocenters. The minimum absolute atomic E-state index is 0.0893. The summed E-state index contributed by atoms with van der Waals surface area (Å²) in [5.41, 5.74) is 3.90. The van der Waals surface area contributed by atoms with Gasteiger partial charge in [0.05, 0.1) is 0 Å². The summed E-state index contributed by atoms with van der Waals surface area (Å²) in [5.74, 6) is 0.351. The predicted octanol–water partition coefficient (Wildman–Crippen LogP) is 4.15. The third kappa shape index (κ3) is 4.74. The van der Waals surface area contributed by atoms with Crippen LogP contribution in [0.1, 0.15) is 32.3 Å². The van der Waals surface area contributed by atoms with Crippen molar-refractivity contribution >= 4 is 15.5 Å². The Kier molecular flexibility index (Phi) is 5.89. The lowest BCUT2D eigenvalue weighted by molar-refractivity contribution is 0.598. The fraction of sp³-hybridized carbons (Fsp3) is 0.368. The molecule has 0 unspecified atom stereocenters. The van der Waals surface area contributed by atoms with Crippen LogP contribution >= 0.6 is 0 Å². The second-order valence-corrected chi connectivity index (χ2v) is 8.15. The van der Waals surface area contributed by atoms with E-state index in [-0.39, 0.29) is 5.03 Å². The van der Waals surface area contributed by atoms with Gasteiger partial charge in [-0.2, -0.15) is 0 Å². The van der Waals surface area contributed by atoms with E-state index in [2.05, 4.69) is 31.0 Å². The largest absolute Gasteiger partial charge is 0.309 e. The van der Waals surface area contributed by atoms with Crippen LogP contribution in [0.25, 0.3) is 11.1 Å². The van der Waals surface area contributed by atoms with Gasteiger partial charge in [-0.1, -0.05) is 38.1 Å². The van der Waals surface area contributed by atoms with Gasteiger partial charge in [0.1, 0.15) is 0 Å². The van der Waals surface area contributed by atoms with Gasteiger partial charge in [0.2, 0.25) is 0 Å². The van der Waals surface area contributed by atoms with E-state index in [1.54, 1.807) is 12.3 Å². The lowest BCUT2D eigenvalue weighted by Gasteiger charge is -2.10. The van der Waals surface area contributed by atoms with Gasteiger partial charge in [0.15, 0.2) is 14.9 Å². The molecule has 4 nitrogen and oxygen atoms in total. The van der Waals surface area contributed by atoms with Crippen molar-refractivity contribution in [3.05, 3.63) is 48.2 Å². The van der Waals surface area contributed by atoms with Crippen molar-refractivity contribution in [2.75, 3.05) is 6.26 Å². The summed E-state index contributed by atoms with van der Waals surface area (Å²) in [6, 6.07) is 11.5. The number of benzene rings is 1. The van der Waals surface area contributed by atoms with Crippen LogP contribution in [-0.4, -0.2) is 25.4 Å². The zero-order valence-corrected chi connectivity index (χ0v) is 15.2. The maximum absolute atomic E-state index is 11.4. The van der Waals surface area contributed by atoms with E-state index in [4.69, 9.17) is 5.41 Å². The molecule has 0 aliphatic heterocycles. The molecule has 1 aromatic heterocycles. The molecule has 2 aromatic rings. The topological polar surface area (TPSA) is 70.9 Å². The Morgan fingerprint density at radius 3 is 2.25 bits per heavy atom. The molecule has 1 N–H and O–H groups in total. The van der Waals surface area contributed by atoms with Crippen molar-refractivity contribution < 1.29 is 8.42 Å². The minimum atomic E-state index is -3.26. The monoisotopic (exact) mass is 344 g/mol. The number of rotatable bonds is 7. The summed E-state index contributed by atoms with van der Waals surface area (Å²) in [6.07, 6.45) is 5.41. The number of hydrogen-bond acceptors (Lipinski definition) is 4. The number of nitrogens with zero attached hydrogens (tertiary/aromatic N) is 1. The molecule has 0 aliphatic rings. The summed E-state index contributed by atoms with van der Waals surface area (Å²) in [4.78, 5) is 4.02. The van der Waals surface area contributed by atoms with Crippen LogP contribution in [0.2, 0.25) is 0 Å². The summed E-state index contributed by atoms with van der Waals surface area (Å²) in [6.45, 7) is 4.20. The van der Waals surface area contributed by atoms with Crippen LogP contribution in [0.15, 0.2) is 47.6 Å². The Morgan fingerprint density at radius 2 is 1.75 bits per heavy atom. The fourth-order valence-corrected chi connectivity index (χ4v) is 2.97. The summed E-state index contributed by atoms with van der Waals surface area (Å²) < 4.78 is 22.9. The Hall–Kier alpha value is -2.01. The molecular weight excluding hydrogens is 320 g/mol. The minimum Gasteiger partial charge on any atom is -0.309 e. The van der Waals surface area contributed by atoms with Crippen molar-refractivity contribution in [3.63, 3.8) is 0 Å². The summed E-state index contributed by atoms with van der Waals surface area (Å²) >= 11 is 0. The van der Waals surface area contributed by atoms with Gasteiger partial charge < -0.3 is 5.41 Å². The number of sulfone groups is 1. The van der Waals surface area contributed by atoms with E-state index in [0.717, 1.165) is 42.4 Å². The molecular formula is C19H24N2O2S. The lowest BCUT2D eigenvalue weighted by atomic mass is 9.96. The Labute approximate surface area is 144 Å². The third-order valence-corrected chi connectivity index (χ3v) is 5.30. The highest BCUT2D eigenvalue weighted by Crippen LogP contribution is 2.21. The number of pyridine rings is 1. The average Bonchev–Trinajstić information content (AvgIpc) is 2.58. The zero-order valence-electron chi connectivity index (χ0n) is 14.4. The molecule has 0 saturated carbocycles. The average molecular weight is 344 g/mol. The van der Waals surface area contributed by atoms with Crippen LogP contribution in [0.5, 0.6) is 0 Å². The molecule has 2 rings (SSSR count). The molecule has 0 amide bonds. The van der Waals surface area contributed by atoms with E-state index < -0.39 is 9.84 Å². The fourth-order valence-electron chi connectivity index (χ4n) is 2.41. The van der Waals surface area contributed by atoms with Crippen LogP contribution in [-0.2, 0) is 16.3 Å². The Bertz CT molecular complexity index is 794. The van der Waals surface area contributed by atoms with Crippen molar-refractivity contribution in [3.8, 4) is 11.1 Å². The van der Waals surface area contributed by atoms with E-state index in [9.17, 15) is 8.42 Å². The van der Waals surface area contributed by atoms with Gasteiger partial charge >= 0.3 is 0 Å². The van der Waals surface area contributed by atoms with Crippen LogP contribution in [0.4, 0.5) is 0 Å². The van der Waals surface area contributed by atoms with E-state index in [0.29, 0.717) is 5.92 Å². The zero-order chi connectivity index (χ0) is 17.7. The molecule has 0 aliphatic carbocycles. The van der Waals surface area contributed by atoms with Gasteiger partial charge in [-0.15, -0.1) is 0 Å². The molecule has 0 radical (unpaired) electrons. The first-order chi connectivity index (χ1) is 11.3. The molecule has 1 heterocycles. The third-order valence-electron chi connectivity index (χ3n) is 4.29. The Balaban J connectivity index is 2.05. The quantitative estimate of drug-likeness (QED) is 0.767. The maximum atomic E-state index is 11.4. The van der Waals surface area contributed by atoms with Gasteiger partial charge in [-0.3, -0.25) is 0 Å². The van der Waals surface area contributed by atoms with Crippen molar-refractivity contribution in [1.82, 2.24) is 4.98 Å². The van der Waals surface area contributed by atoms with Crippen molar-refractivity contribution in [1.29, 1.82) is 5.41 Å². The van der Waals surface area contributed by atoms with Crippen LogP contribution in [0.3, 0.4) is 0 Å².